The van der Waals surface area contributed by atoms with Crippen LogP contribution >= 0.6 is 0 Å². The van der Waals surface area contributed by atoms with E-state index in [0.717, 1.165) is 37.8 Å². The molecule has 0 unspecified atom stereocenters. The summed E-state index contributed by atoms with van der Waals surface area (Å²) >= 11 is 0. The molecule has 0 saturated carbocycles. The summed E-state index contributed by atoms with van der Waals surface area (Å²) in [6, 6.07) is 3.39. The Hall–Kier alpha value is -1.72. The van der Waals surface area contributed by atoms with Crippen LogP contribution in [0.3, 0.4) is 0 Å². The van der Waals surface area contributed by atoms with E-state index in [1.54, 1.807) is 6.08 Å². The molecule has 0 saturated heterocycles. The van der Waals surface area contributed by atoms with Crippen LogP contribution in [0, 0.1) is 0 Å². The van der Waals surface area contributed by atoms with Gasteiger partial charge in [0.1, 0.15) is 6.54 Å². The molecule has 0 spiro atoms. The Balaban J connectivity index is 2.17. The number of hydrogen-bond donors (Lipinski definition) is 3. The number of aryl methyl sites for hydroxylation is 2. The second kappa shape index (κ2) is 21.6. The Morgan fingerprint density at radius 2 is 1.60 bits per heavy atom. The molecule has 5 nitrogen and oxygen atoms in total. The van der Waals surface area contributed by atoms with Gasteiger partial charge in [-0.05, 0) is 25.3 Å². The van der Waals surface area contributed by atoms with Gasteiger partial charge in [-0.1, -0.05) is 96.6 Å². The maximum absolute atomic E-state index is 12.4. The summed E-state index contributed by atoms with van der Waals surface area (Å²) in [5.41, 5.74) is 1.12. The normalized spacial score (nSPS) is 13.3. The van der Waals surface area contributed by atoms with Crippen molar-refractivity contribution < 1.29 is 19.6 Å². The molecule has 1 aromatic heterocycles. The molecule has 0 aliphatic rings. The Bertz CT molecular complexity index is 677. The molecule has 0 fully saturated rings. The number of carbonyl (C=O) groups excluding carboxylic acids is 1. The summed E-state index contributed by atoms with van der Waals surface area (Å²) in [5, 5.41) is 22.8. The van der Waals surface area contributed by atoms with E-state index < -0.39 is 12.1 Å². The second-order valence-corrected chi connectivity index (χ2v) is 9.90. The lowest BCUT2D eigenvalue weighted by Gasteiger charge is -2.19. The lowest BCUT2D eigenvalue weighted by atomic mass is 10.0. The molecule has 1 rings (SSSR count). The van der Waals surface area contributed by atoms with E-state index in [9.17, 15) is 15.0 Å². The highest BCUT2D eigenvalue weighted by Gasteiger charge is 2.18. The average Bonchev–Trinajstić information content (AvgIpc) is 2.87. The number of rotatable bonds is 22. The number of unbranched alkanes of at least 4 members (excludes halogenated alkanes) is 12. The lowest BCUT2D eigenvalue weighted by molar-refractivity contribution is -0.697. The molecule has 200 valence electrons. The van der Waals surface area contributed by atoms with Crippen molar-refractivity contribution in [3.63, 3.8) is 0 Å². The summed E-state index contributed by atoms with van der Waals surface area (Å²) in [6.07, 6.45) is 25.7. The van der Waals surface area contributed by atoms with Gasteiger partial charge in [-0.15, -0.1) is 0 Å². The van der Waals surface area contributed by atoms with E-state index in [4.69, 9.17) is 0 Å². The maximum atomic E-state index is 12.4. The van der Waals surface area contributed by atoms with Crippen LogP contribution < -0.4 is 9.88 Å². The second-order valence-electron chi connectivity index (χ2n) is 9.90. The minimum absolute atomic E-state index is 0.147. The number of allylic oxidation sites excluding steroid dienone is 1. The van der Waals surface area contributed by atoms with Crippen molar-refractivity contribution in [3.05, 3.63) is 42.2 Å². The Morgan fingerprint density at radius 3 is 2.23 bits per heavy atom. The van der Waals surface area contributed by atoms with Crippen LogP contribution in [0.4, 0.5) is 0 Å². The monoisotopic (exact) mass is 489 g/mol. The van der Waals surface area contributed by atoms with E-state index in [0.29, 0.717) is 12.8 Å². The minimum Gasteiger partial charge on any atom is -0.394 e. The molecule has 0 radical (unpaired) electrons. The molecule has 1 aromatic rings. The van der Waals surface area contributed by atoms with Crippen LogP contribution in [0.5, 0.6) is 0 Å². The first-order chi connectivity index (χ1) is 17.1. The highest BCUT2D eigenvalue weighted by Crippen LogP contribution is 2.12. The van der Waals surface area contributed by atoms with Gasteiger partial charge >= 0.3 is 0 Å². The van der Waals surface area contributed by atoms with E-state index in [1.807, 2.05) is 18.2 Å². The first-order valence-corrected chi connectivity index (χ1v) is 14.3. The van der Waals surface area contributed by atoms with Gasteiger partial charge in [-0.2, -0.15) is 0 Å². The Morgan fingerprint density at radius 1 is 0.971 bits per heavy atom. The third-order valence-electron chi connectivity index (χ3n) is 6.59. The molecule has 1 amide bonds. The third kappa shape index (κ3) is 16.6. The molecule has 0 bridgehead atoms. The standard InChI is InChI=1S/C30H52N2O3/c1-3-5-7-8-9-10-11-12-13-14-15-16-17-20-29(34)28(26-33)31-30(35)22-21-27-19-18-24-32(25-27)23-6-4-2/h17-20,24-25,28-29,33-34H,3-16,21-23,26H2,1-2H3/p+1/b20-17+/t28-,29-/m1/s1. The number of hydrogen-bond acceptors (Lipinski definition) is 3. The molecule has 5 heteroatoms. The van der Waals surface area contributed by atoms with E-state index >= 15 is 0 Å². The third-order valence-corrected chi connectivity index (χ3v) is 6.59. The van der Waals surface area contributed by atoms with Crippen molar-refractivity contribution in [2.75, 3.05) is 6.61 Å². The largest absolute Gasteiger partial charge is 0.394 e. The van der Waals surface area contributed by atoms with Gasteiger partial charge in [0.2, 0.25) is 5.91 Å². The summed E-state index contributed by atoms with van der Waals surface area (Å²) < 4.78 is 2.16. The van der Waals surface area contributed by atoms with Gasteiger partial charge in [0.15, 0.2) is 12.4 Å². The van der Waals surface area contributed by atoms with Crippen LogP contribution in [0.1, 0.15) is 116 Å². The number of aliphatic hydroxyl groups excluding tert-OH is 2. The highest BCUT2D eigenvalue weighted by molar-refractivity contribution is 5.76. The van der Waals surface area contributed by atoms with E-state index in [-0.39, 0.29) is 12.5 Å². The number of nitrogens with zero attached hydrogens (tertiary/aromatic N) is 1. The van der Waals surface area contributed by atoms with E-state index in [2.05, 4.69) is 36.1 Å². The zero-order valence-corrected chi connectivity index (χ0v) is 22.6. The predicted octanol–water partition coefficient (Wildman–Crippen LogP) is 5.80. The Kier molecular flexibility index (Phi) is 19.3. The van der Waals surface area contributed by atoms with Crippen LogP contribution in [-0.2, 0) is 17.8 Å². The number of carbonyl (C=O) groups is 1. The Labute approximate surface area is 215 Å². The van der Waals surface area contributed by atoms with Crippen molar-refractivity contribution in [1.82, 2.24) is 5.32 Å². The maximum Gasteiger partial charge on any atom is 0.220 e. The van der Waals surface area contributed by atoms with Crippen molar-refractivity contribution in [1.29, 1.82) is 0 Å². The molecule has 0 aliphatic carbocycles. The SMILES string of the molecule is CCCCCCCCCCCCC/C=C/[C@@H](O)[C@@H](CO)NC(=O)CCc1ccc[n+](CCCC)c1. The molecule has 0 aliphatic heterocycles. The van der Waals surface area contributed by atoms with Gasteiger partial charge in [0, 0.05) is 24.5 Å². The minimum atomic E-state index is -0.871. The first kappa shape index (κ1) is 31.3. The molecule has 35 heavy (non-hydrogen) atoms. The lowest BCUT2D eigenvalue weighted by Crippen LogP contribution is -2.45. The molecule has 3 N–H and O–H groups in total. The molecule has 2 atom stereocenters. The quantitative estimate of drug-likeness (QED) is 0.109. The average molecular weight is 490 g/mol. The number of aliphatic hydroxyl groups is 2. The van der Waals surface area contributed by atoms with Crippen molar-refractivity contribution in [2.24, 2.45) is 0 Å². The predicted molar refractivity (Wildman–Crippen MR) is 145 cm³/mol. The van der Waals surface area contributed by atoms with Gasteiger partial charge in [0.05, 0.1) is 18.8 Å². The van der Waals surface area contributed by atoms with E-state index in [1.165, 1.54) is 64.2 Å². The molecule has 1 heterocycles. The topological polar surface area (TPSA) is 73.4 Å². The van der Waals surface area contributed by atoms with Crippen LogP contribution in [0.2, 0.25) is 0 Å². The van der Waals surface area contributed by atoms with Crippen molar-refractivity contribution >= 4 is 5.91 Å². The smallest absolute Gasteiger partial charge is 0.220 e. The fraction of sp³-hybridized carbons (Fsp3) is 0.733. The molecular weight excluding hydrogens is 436 g/mol. The van der Waals surface area contributed by atoms with Gasteiger partial charge in [-0.25, -0.2) is 4.57 Å². The fourth-order valence-electron chi connectivity index (χ4n) is 4.28. The zero-order valence-electron chi connectivity index (χ0n) is 22.6. The number of nitrogens with one attached hydrogen (secondary N) is 1. The van der Waals surface area contributed by atoms with Crippen molar-refractivity contribution in [2.45, 2.75) is 135 Å². The van der Waals surface area contributed by atoms with Crippen LogP contribution in [0.15, 0.2) is 36.7 Å². The molecule has 0 aromatic carbocycles. The summed E-state index contributed by atoms with van der Waals surface area (Å²) in [6.45, 7) is 5.14. The van der Waals surface area contributed by atoms with Gasteiger partial charge < -0.3 is 15.5 Å². The zero-order chi connectivity index (χ0) is 25.6. The number of pyridine rings is 1. The summed E-state index contributed by atoms with van der Waals surface area (Å²) in [5.74, 6) is -0.147. The number of amides is 1. The van der Waals surface area contributed by atoms with Crippen LogP contribution in [-0.4, -0.2) is 34.9 Å². The van der Waals surface area contributed by atoms with Crippen molar-refractivity contribution in [3.8, 4) is 0 Å². The van der Waals surface area contributed by atoms with Gasteiger partial charge in [0.25, 0.3) is 0 Å². The summed E-state index contributed by atoms with van der Waals surface area (Å²) in [7, 11) is 0. The molecular formula is C30H53N2O3+. The summed E-state index contributed by atoms with van der Waals surface area (Å²) in [4.78, 5) is 12.4. The number of aromatic nitrogens is 1. The first-order valence-electron chi connectivity index (χ1n) is 14.3. The van der Waals surface area contributed by atoms with Crippen LogP contribution in [0.25, 0.3) is 0 Å². The van der Waals surface area contributed by atoms with Gasteiger partial charge in [-0.3, -0.25) is 4.79 Å². The fourth-order valence-corrected chi connectivity index (χ4v) is 4.28. The highest BCUT2D eigenvalue weighted by atomic mass is 16.3.